The van der Waals surface area contributed by atoms with Crippen LogP contribution in [0, 0.1) is 0 Å². The van der Waals surface area contributed by atoms with E-state index in [1.807, 2.05) is 12.1 Å². The minimum atomic E-state index is -0.417. The number of ether oxygens (including phenoxy) is 2. The minimum absolute atomic E-state index is 0.325. The first-order valence-electron chi connectivity index (χ1n) is 10.5. The van der Waals surface area contributed by atoms with Gasteiger partial charge in [0, 0.05) is 38.8 Å². The lowest BCUT2D eigenvalue weighted by atomic mass is 10.1. The minimum Gasteiger partial charge on any atom is -0.496 e. The van der Waals surface area contributed by atoms with Crippen LogP contribution in [0.5, 0.6) is 5.75 Å². The number of likely N-dealkylation sites (tertiary alicyclic amines) is 1. The molecule has 1 aliphatic heterocycles. The van der Waals surface area contributed by atoms with Gasteiger partial charge in [0.05, 0.1) is 14.2 Å². The van der Waals surface area contributed by atoms with Crippen molar-refractivity contribution >= 4 is 11.9 Å². The average Bonchev–Trinajstić information content (AvgIpc) is 3.14. The quantitative estimate of drug-likeness (QED) is 0.404. The lowest BCUT2D eigenvalue weighted by Crippen LogP contribution is -2.44. The molecule has 0 bridgehead atoms. The van der Waals surface area contributed by atoms with Crippen LogP contribution in [0.2, 0.25) is 0 Å². The number of rotatable bonds is 7. The average molecular weight is 425 g/mol. The first-order valence-corrected chi connectivity index (χ1v) is 10.5. The van der Waals surface area contributed by atoms with Crippen molar-refractivity contribution in [2.24, 2.45) is 4.99 Å². The number of methoxy groups -OCH3 is 2. The van der Waals surface area contributed by atoms with Gasteiger partial charge in [0.25, 0.3) is 0 Å². The third-order valence-electron chi connectivity index (χ3n) is 5.63. The van der Waals surface area contributed by atoms with Crippen LogP contribution in [0.3, 0.4) is 0 Å². The Labute approximate surface area is 184 Å². The first kappa shape index (κ1) is 22.6. The number of nitrogens with zero attached hydrogens (tertiary/aromatic N) is 2. The molecule has 0 radical (unpaired) electrons. The lowest BCUT2D eigenvalue weighted by Gasteiger charge is -2.21. The predicted octanol–water partition coefficient (Wildman–Crippen LogP) is 2.81. The largest absolute Gasteiger partial charge is 0.496 e. The topological polar surface area (TPSA) is 75.2 Å². The molecule has 1 heterocycles. The third kappa shape index (κ3) is 5.98. The predicted molar refractivity (Wildman–Crippen MR) is 122 cm³/mol. The molecule has 0 aromatic heterocycles. The van der Waals surface area contributed by atoms with Crippen LogP contribution in [0.1, 0.15) is 34.8 Å². The zero-order valence-corrected chi connectivity index (χ0v) is 18.7. The van der Waals surface area contributed by atoms with Crippen molar-refractivity contribution < 1.29 is 14.3 Å². The molecule has 2 N–H and O–H groups in total. The smallest absolute Gasteiger partial charge is 0.341 e. The van der Waals surface area contributed by atoms with E-state index in [2.05, 4.69) is 51.7 Å². The molecular weight excluding hydrogens is 392 g/mol. The molecule has 2 aromatic carbocycles. The van der Waals surface area contributed by atoms with E-state index >= 15 is 0 Å². The number of esters is 1. The SMILES string of the molecule is CN=C(NCc1ccc(OC)c(C(=O)OC)c1)NC1CC(C)N(Cc2ccccc2)C1. The Morgan fingerprint density at radius 1 is 1.16 bits per heavy atom. The summed E-state index contributed by atoms with van der Waals surface area (Å²) in [6.45, 7) is 4.72. The highest BCUT2D eigenvalue weighted by Crippen LogP contribution is 2.22. The van der Waals surface area contributed by atoms with Crippen LogP contribution in [0.4, 0.5) is 0 Å². The second-order valence-corrected chi connectivity index (χ2v) is 7.79. The van der Waals surface area contributed by atoms with Gasteiger partial charge in [-0.1, -0.05) is 36.4 Å². The van der Waals surface area contributed by atoms with Crippen LogP contribution in [-0.4, -0.2) is 56.7 Å². The molecule has 31 heavy (non-hydrogen) atoms. The molecule has 3 rings (SSSR count). The van der Waals surface area contributed by atoms with Crippen LogP contribution in [-0.2, 0) is 17.8 Å². The first-order chi connectivity index (χ1) is 15.0. The second-order valence-electron chi connectivity index (χ2n) is 7.79. The second kappa shape index (κ2) is 10.8. The Morgan fingerprint density at radius 2 is 1.94 bits per heavy atom. The lowest BCUT2D eigenvalue weighted by molar-refractivity contribution is 0.0597. The number of benzene rings is 2. The summed E-state index contributed by atoms with van der Waals surface area (Å²) in [7, 11) is 4.67. The number of guanidine groups is 1. The monoisotopic (exact) mass is 424 g/mol. The molecule has 7 heteroatoms. The van der Waals surface area contributed by atoms with Gasteiger partial charge in [-0.2, -0.15) is 0 Å². The van der Waals surface area contributed by atoms with Gasteiger partial charge < -0.3 is 20.1 Å². The van der Waals surface area contributed by atoms with Crippen molar-refractivity contribution in [3.8, 4) is 5.75 Å². The van der Waals surface area contributed by atoms with Crippen molar-refractivity contribution in [3.63, 3.8) is 0 Å². The summed E-state index contributed by atoms with van der Waals surface area (Å²) < 4.78 is 10.1. The Hall–Kier alpha value is -3.06. The number of hydrogen-bond acceptors (Lipinski definition) is 5. The zero-order chi connectivity index (χ0) is 22.2. The highest BCUT2D eigenvalue weighted by atomic mass is 16.5. The van der Waals surface area contributed by atoms with Gasteiger partial charge in [-0.25, -0.2) is 4.79 Å². The highest BCUT2D eigenvalue weighted by molar-refractivity contribution is 5.92. The Kier molecular flexibility index (Phi) is 7.89. The van der Waals surface area contributed by atoms with Gasteiger partial charge in [-0.05, 0) is 36.6 Å². The molecular formula is C24H32N4O3. The van der Waals surface area contributed by atoms with Crippen LogP contribution in [0.25, 0.3) is 0 Å². The molecule has 2 unspecified atom stereocenters. The maximum Gasteiger partial charge on any atom is 0.341 e. The van der Waals surface area contributed by atoms with E-state index in [-0.39, 0.29) is 0 Å². The molecule has 7 nitrogen and oxygen atoms in total. The molecule has 1 fully saturated rings. The molecule has 2 atom stereocenters. The van der Waals surface area contributed by atoms with Crippen LogP contribution >= 0.6 is 0 Å². The van der Waals surface area contributed by atoms with E-state index in [0.29, 0.717) is 29.9 Å². The molecule has 166 valence electrons. The van der Waals surface area contributed by atoms with Crippen molar-refractivity contribution in [1.29, 1.82) is 0 Å². The van der Waals surface area contributed by atoms with E-state index in [1.54, 1.807) is 19.2 Å². The molecule has 0 amide bonds. The molecule has 0 saturated carbocycles. The normalized spacial score (nSPS) is 19.2. The van der Waals surface area contributed by atoms with Crippen molar-refractivity contribution in [2.45, 2.75) is 38.5 Å². The fraction of sp³-hybridized carbons (Fsp3) is 0.417. The van der Waals surface area contributed by atoms with Gasteiger partial charge in [0.1, 0.15) is 11.3 Å². The molecule has 1 saturated heterocycles. The summed E-state index contributed by atoms with van der Waals surface area (Å²) in [5, 5.41) is 6.88. The zero-order valence-electron chi connectivity index (χ0n) is 18.7. The van der Waals surface area contributed by atoms with Crippen molar-refractivity contribution in [1.82, 2.24) is 15.5 Å². The number of carbonyl (C=O) groups is 1. The Bertz CT molecular complexity index is 901. The molecule has 2 aromatic rings. The number of carbonyl (C=O) groups excluding carboxylic acids is 1. The number of hydrogen-bond donors (Lipinski definition) is 2. The van der Waals surface area contributed by atoms with Crippen molar-refractivity contribution in [2.75, 3.05) is 27.8 Å². The maximum atomic E-state index is 12.0. The number of aliphatic imine (C=N–C) groups is 1. The Balaban J connectivity index is 1.56. The summed E-state index contributed by atoms with van der Waals surface area (Å²) in [5.41, 5.74) is 2.68. The maximum absolute atomic E-state index is 12.0. The molecule has 1 aliphatic rings. The fourth-order valence-electron chi connectivity index (χ4n) is 3.95. The van der Waals surface area contributed by atoms with Crippen LogP contribution < -0.4 is 15.4 Å². The number of nitrogens with one attached hydrogen (secondary N) is 2. The van der Waals surface area contributed by atoms with E-state index < -0.39 is 5.97 Å². The summed E-state index contributed by atoms with van der Waals surface area (Å²) in [6.07, 6.45) is 1.06. The van der Waals surface area contributed by atoms with E-state index in [9.17, 15) is 4.79 Å². The molecule has 0 aliphatic carbocycles. The van der Waals surface area contributed by atoms with E-state index in [4.69, 9.17) is 9.47 Å². The van der Waals surface area contributed by atoms with E-state index in [0.717, 1.165) is 31.0 Å². The third-order valence-corrected chi connectivity index (χ3v) is 5.63. The van der Waals surface area contributed by atoms with Crippen LogP contribution in [0.15, 0.2) is 53.5 Å². The highest BCUT2D eigenvalue weighted by Gasteiger charge is 2.29. The van der Waals surface area contributed by atoms with Gasteiger partial charge in [-0.15, -0.1) is 0 Å². The Morgan fingerprint density at radius 3 is 2.61 bits per heavy atom. The standard InChI is InChI=1S/C24H32N4O3/c1-17-12-20(16-28(17)15-18-8-6-5-7-9-18)27-24(25-2)26-14-19-10-11-22(30-3)21(13-19)23(29)31-4/h5-11,13,17,20H,12,14-16H2,1-4H3,(H2,25,26,27). The summed E-state index contributed by atoms with van der Waals surface area (Å²) >= 11 is 0. The van der Waals surface area contributed by atoms with Gasteiger partial charge in [0.15, 0.2) is 5.96 Å². The van der Waals surface area contributed by atoms with Gasteiger partial charge in [-0.3, -0.25) is 9.89 Å². The van der Waals surface area contributed by atoms with Crippen molar-refractivity contribution in [3.05, 3.63) is 65.2 Å². The summed E-state index contributed by atoms with van der Waals surface area (Å²) in [6, 6.07) is 16.9. The fourth-order valence-corrected chi connectivity index (χ4v) is 3.95. The molecule has 0 spiro atoms. The summed E-state index contributed by atoms with van der Waals surface area (Å²) in [4.78, 5) is 18.9. The van der Waals surface area contributed by atoms with E-state index in [1.165, 1.54) is 19.8 Å². The summed E-state index contributed by atoms with van der Waals surface area (Å²) in [5.74, 6) is 0.824. The van der Waals surface area contributed by atoms with Gasteiger partial charge >= 0.3 is 5.97 Å². The van der Waals surface area contributed by atoms with Gasteiger partial charge in [0.2, 0.25) is 0 Å².